The Hall–Kier alpha value is -2.43. The van der Waals surface area contributed by atoms with Gasteiger partial charge in [-0.3, -0.25) is 19.0 Å². The molecule has 3 heterocycles. The van der Waals surface area contributed by atoms with Gasteiger partial charge in [-0.05, 0) is 6.07 Å². The van der Waals surface area contributed by atoms with E-state index >= 15 is 0 Å². The Kier molecular flexibility index (Phi) is 5.11. The second kappa shape index (κ2) is 7.36. The molecule has 30 heavy (non-hydrogen) atoms. The zero-order valence-electron chi connectivity index (χ0n) is 16.1. The highest BCUT2D eigenvalue weighted by Crippen LogP contribution is 2.56. The summed E-state index contributed by atoms with van der Waals surface area (Å²) in [4.78, 5) is 43.5. The van der Waals surface area contributed by atoms with Crippen molar-refractivity contribution in [2.45, 2.75) is 57.3 Å². The summed E-state index contributed by atoms with van der Waals surface area (Å²) in [6, 6.07) is 1.45. The van der Waals surface area contributed by atoms with Gasteiger partial charge in [-0.1, -0.05) is 23.2 Å². The number of pyridine rings is 1. The molecule has 10 nitrogen and oxygen atoms in total. The zero-order valence-corrected chi connectivity index (χ0v) is 17.6. The lowest BCUT2D eigenvalue weighted by atomic mass is 10.1. The number of esters is 3. The fourth-order valence-corrected chi connectivity index (χ4v) is 4.26. The van der Waals surface area contributed by atoms with E-state index in [0.717, 1.165) is 0 Å². The van der Waals surface area contributed by atoms with Crippen molar-refractivity contribution in [2.75, 3.05) is 0 Å². The average Bonchev–Trinajstić information content (AvgIpc) is 2.98. The van der Waals surface area contributed by atoms with Crippen LogP contribution in [0.25, 0.3) is 11.2 Å². The summed E-state index contributed by atoms with van der Waals surface area (Å²) in [6.45, 7) is 3.71. The highest BCUT2D eigenvalue weighted by Gasteiger charge is 2.74. The van der Waals surface area contributed by atoms with Crippen molar-refractivity contribution < 1.29 is 33.3 Å². The van der Waals surface area contributed by atoms with Gasteiger partial charge < -0.3 is 18.9 Å². The summed E-state index contributed by atoms with van der Waals surface area (Å²) in [7, 11) is 0. The van der Waals surface area contributed by atoms with Crippen molar-refractivity contribution in [1.29, 1.82) is 0 Å². The lowest BCUT2D eigenvalue weighted by Gasteiger charge is -2.24. The lowest BCUT2D eigenvalue weighted by molar-refractivity contribution is -0.166. The number of fused-ring (bicyclic) bond motifs is 1. The van der Waals surface area contributed by atoms with Gasteiger partial charge >= 0.3 is 17.9 Å². The molecule has 4 rings (SSSR count). The van der Waals surface area contributed by atoms with E-state index in [-0.39, 0.29) is 22.2 Å². The van der Waals surface area contributed by atoms with Crippen LogP contribution in [0.2, 0.25) is 10.2 Å². The predicted molar refractivity (Wildman–Crippen MR) is 102 cm³/mol. The number of aromatic nitrogens is 3. The van der Waals surface area contributed by atoms with Gasteiger partial charge in [-0.25, -0.2) is 9.97 Å². The van der Waals surface area contributed by atoms with Gasteiger partial charge in [0.1, 0.15) is 16.8 Å². The van der Waals surface area contributed by atoms with Crippen LogP contribution >= 0.6 is 23.2 Å². The number of rotatable bonds is 4. The molecular formula is C18H17Cl2N3O7. The predicted octanol–water partition coefficient (Wildman–Crippen LogP) is 2.20. The van der Waals surface area contributed by atoms with Crippen LogP contribution in [0, 0.1) is 0 Å². The first-order chi connectivity index (χ1) is 14.1. The number of hydrogen-bond donors (Lipinski definition) is 0. The molecule has 0 amide bonds. The molecular weight excluding hydrogens is 441 g/mol. The van der Waals surface area contributed by atoms with Crippen molar-refractivity contribution in [3.05, 3.63) is 22.6 Å². The maximum Gasteiger partial charge on any atom is 0.303 e. The Morgan fingerprint density at radius 3 is 2.43 bits per heavy atom. The minimum Gasteiger partial charge on any atom is -0.459 e. The second-order valence-electron chi connectivity index (χ2n) is 7.12. The SMILES string of the molecule is CC(=O)OC1CC12O[C@@H](n1cnc3c(Cl)cc(Cl)nc31)[C@H](OC(C)=O)[C@@H]2OC(C)=O. The third kappa shape index (κ3) is 3.48. The minimum absolute atomic E-state index is 0.131. The van der Waals surface area contributed by atoms with Crippen molar-refractivity contribution in [3.63, 3.8) is 0 Å². The van der Waals surface area contributed by atoms with E-state index in [1.807, 2.05) is 0 Å². The molecule has 0 bridgehead atoms. The Morgan fingerprint density at radius 1 is 1.13 bits per heavy atom. The van der Waals surface area contributed by atoms with E-state index in [4.69, 9.17) is 42.1 Å². The van der Waals surface area contributed by atoms with Crippen LogP contribution < -0.4 is 0 Å². The quantitative estimate of drug-likeness (QED) is 0.386. The van der Waals surface area contributed by atoms with Crippen LogP contribution in [-0.2, 0) is 33.3 Å². The lowest BCUT2D eigenvalue weighted by Crippen LogP contribution is -2.41. The molecule has 1 saturated carbocycles. The average molecular weight is 458 g/mol. The molecule has 2 aliphatic rings. The van der Waals surface area contributed by atoms with Crippen molar-refractivity contribution in [2.24, 2.45) is 0 Å². The summed E-state index contributed by atoms with van der Waals surface area (Å²) in [5, 5.41) is 0.410. The topological polar surface area (TPSA) is 119 Å². The van der Waals surface area contributed by atoms with Crippen molar-refractivity contribution in [1.82, 2.24) is 14.5 Å². The molecule has 1 saturated heterocycles. The van der Waals surface area contributed by atoms with Gasteiger partial charge in [0.2, 0.25) is 0 Å². The van der Waals surface area contributed by atoms with Crippen LogP contribution in [0.4, 0.5) is 0 Å². The number of hydrogen-bond acceptors (Lipinski definition) is 9. The number of ether oxygens (including phenoxy) is 4. The van der Waals surface area contributed by atoms with Crippen LogP contribution in [0.5, 0.6) is 0 Å². The normalized spacial score (nSPS) is 29.8. The Morgan fingerprint density at radius 2 is 1.80 bits per heavy atom. The van der Waals surface area contributed by atoms with Gasteiger partial charge in [-0.2, -0.15) is 0 Å². The molecule has 2 aromatic rings. The fourth-order valence-electron chi connectivity index (χ4n) is 3.78. The molecule has 160 valence electrons. The maximum atomic E-state index is 11.8. The molecule has 1 aliphatic heterocycles. The van der Waals surface area contributed by atoms with E-state index in [0.29, 0.717) is 5.52 Å². The van der Waals surface area contributed by atoms with Gasteiger partial charge in [0.15, 0.2) is 29.7 Å². The summed E-state index contributed by atoms with van der Waals surface area (Å²) < 4.78 is 23.9. The standard InChI is InChI=1S/C18H17Cl2N3O7/c1-7(24)27-11-5-18(11)15(29-9(3)26)14(28-8(2)25)17(30-18)23-6-21-13-10(19)4-12(20)22-16(13)23/h4,6,11,14-15,17H,5H2,1-3H3/t11?,14-,15+,17-,18?/m1/s1. The smallest absolute Gasteiger partial charge is 0.303 e. The number of halogens is 2. The Labute approximate surface area is 180 Å². The number of carbonyl (C=O) groups is 3. The third-order valence-electron chi connectivity index (χ3n) is 4.92. The molecule has 0 aromatic carbocycles. The molecule has 0 N–H and O–H groups in total. The Bertz CT molecular complexity index is 1060. The second-order valence-corrected chi connectivity index (χ2v) is 7.91. The van der Waals surface area contributed by atoms with Crippen LogP contribution in [0.15, 0.2) is 12.4 Å². The summed E-state index contributed by atoms with van der Waals surface area (Å²) >= 11 is 12.2. The van der Waals surface area contributed by atoms with E-state index in [1.165, 1.54) is 37.7 Å². The summed E-state index contributed by atoms with van der Waals surface area (Å²) in [5.41, 5.74) is -0.511. The van der Waals surface area contributed by atoms with Crippen molar-refractivity contribution in [3.8, 4) is 0 Å². The van der Waals surface area contributed by atoms with Gasteiger partial charge in [0, 0.05) is 27.2 Å². The molecule has 12 heteroatoms. The Balaban J connectivity index is 1.79. The summed E-state index contributed by atoms with van der Waals surface area (Å²) in [5.74, 6) is -1.72. The number of carbonyl (C=O) groups excluding carboxylic acids is 3. The monoisotopic (exact) mass is 457 g/mol. The highest BCUT2D eigenvalue weighted by molar-refractivity contribution is 6.37. The molecule has 5 atom stereocenters. The van der Waals surface area contributed by atoms with Crippen molar-refractivity contribution >= 4 is 52.3 Å². The molecule has 1 spiro atoms. The minimum atomic E-state index is -1.17. The zero-order chi connectivity index (χ0) is 21.8. The molecule has 2 fully saturated rings. The molecule has 1 aliphatic carbocycles. The number of imidazole rings is 1. The molecule has 2 unspecified atom stereocenters. The maximum absolute atomic E-state index is 11.8. The van der Waals surface area contributed by atoms with Crippen LogP contribution in [-0.4, -0.2) is 56.4 Å². The first-order valence-electron chi connectivity index (χ1n) is 9.00. The summed E-state index contributed by atoms with van der Waals surface area (Å²) in [6.07, 6.45) is -2.04. The van der Waals surface area contributed by atoms with E-state index < -0.39 is 48.0 Å². The number of nitrogens with zero attached hydrogens (tertiary/aromatic N) is 3. The van der Waals surface area contributed by atoms with Crippen LogP contribution in [0.1, 0.15) is 33.4 Å². The van der Waals surface area contributed by atoms with Gasteiger partial charge in [0.25, 0.3) is 0 Å². The molecule has 0 radical (unpaired) electrons. The van der Waals surface area contributed by atoms with Gasteiger partial charge in [-0.15, -0.1) is 0 Å². The third-order valence-corrected chi connectivity index (χ3v) is 5.40. The highest BCUT2D eigenvalue weighted by atomic mass is 35.5. The van der Waals surface area contributed by atoms with Crippen LogP contribution in [0.3, 0.4) is 0 Å². The largest absolute Gasteiger partial charge is 0.459 e. The van der Waals surface area contributed by atoms with E-state index in [1.54, 1.807) is 0 Å². The first-order valence-corrected chi connectivity index (χ1v) is 9.76. The fraction of sp³-hybridized carbons (Fsp3) is 0.500. The first kappa shape index (κ1) is 20.8. The van der Waals surface area contributed by atoms with E-state index in [2.05, 4.69) is 9.97 Å². The van der Waals surface area contributed by atoms with E-state index in [9.17, 15) is 14.4 Å². The van der Waals surface area contributed by atoms with Gasteiger partial charge in [0.05, 0.1) is 11.3 Å². The molecule has 2 aromatic heterocycles.